The van der Waals surface area contributed by atoms with Crippen molar-refractivity contribution in [2.75, 3.05) is 0 Å². The predicted octanol–water partition coefficient (Wildman–Crippen LogP) is 8.70. The third-order valence-corrected chi connectivity index (χ3v) is 17.7. The summed E-state index contributed by atoms with van der Waals surface area (Å²) in [4.78, 5) is 0. The van der Waals surface area contributed by atoms with E-state index in [1.54, 1.807) is 73.6 Å². The van der Waals surface area contributed by atoms with Crippen molar-refractivity contribution < 1.29 is 0 Å². The molecule has 9 aliphatic carbocycles. The minimum atomic E-state index is -0.669. The van der Waals surface area contributed by atoms with Crippen LogP contribution in [-0.4, -0.2) is 14.1 Å². The van der Waals surface area contributed by atoms with E-state index in [0.717, 1.165) is 53.3 Å². The van der Waals surface area contributed by atoms with Gasteiger partial charge in [-0.2, -0.15) is 0 Å². The Morgan fingerprint density at radius 3 is 1.00 bits per heavy atom. The van der Waals surface area contributed by atoms with E-state index in [0.29, 0.717) is 16.2 Å². The molecule has 0 aromatic heterocycles. The number of fused-ring (bicyclic) bond motifs is 6. The Balaban J connectivity index is 1.18. The normalized spacial score (nSPS) is 49.9. The quantitative estimate of drug-likeness (QED) is 0.364. The first-order valence-corrected chi connectivity index (χ1v) is 17.0. The first-order chi connectivity index (χ1) is 14.6. The van der Waals surface area contributed by atoms with E-state index < -0.39 is 14.1 Å². The lowest BCUT2D eigenvalue weighted by Gasteiger charge is -2.62. The summed E-state index contributed by atoms with van der Waals surface area (Å²) in [5, 5.41) is 5.21. The molecule has 0 aromatic carbocycles. The Bertz CT molecular complexity index is 602. The molecule has 9 fully saturated rings. The second-order valence-electron chi connectivity index (χ2n) is 15.7. The van der Waals surface area contributed by atoms with Crippen molar-refractivity contribution in [3.63, 3.8) is 0 Å². The molecule has 0 nitrogen and oxygen atoms in total. The van der Waals surface area contributed by atoms with Crippen LogP contribution in [-0.2, 0) is 0 Å². The van der Waals surface area contributed by atoms with E-state index in [9.17, 15) is 0 Å². The molecule has 1 heteroatoms. The third-order valence-electron chi connectivity index (χ3n) is 13.9. The maximum Gasteiger partial charge on any atom is 0.262 e. The SMILES string of the molecule is CC1(C)[C@H]2CC[C@@H]([CH2][Al]([CH2][C@@H]3CC[C@H]4C[C@@H]3C4(C)C)[CH2][C@@H]3CC[C@H]4C[C@@H]3C4(C)C)[C@@H]1C2. The summed E-state index contributed by atoms with van der Waals surface area (Å²) in [5.41, 5.74) is 2.05. The van der Waals surface area contributed by atoms with Crippen LogP contribution in [0.3, 0.4) is 0 Å². The Hall–Kier alpha value is 0.532. The van der Waals surface area contributed by atoms with E-state index in [1.807, 2.05) is 0 Å². The molecule has 6 bridgehead atoms. The van der Waals surface area contributed by atoms with E-state index in [-0.39, 0.29) is 0 Å². The van der Waals surface area contributed by atoms with Crippen LogP contribution < -0.4 is 0 Å². The smallest absolute Gasteiger partial charge is 0.0907 e. The average molecular weight is 439 g/mol. The zero-order valence-corrected chi connectivity index (χ0v) is 22.9. The zero-order valence-electron chi connectivity index (χ0n) is 21.8. The van der Waals surface area contributed by atoms with Gasteiger partial charge in [0.05, 0.1) is 0 Å². The fourth-order valence-corrected chi connectivity index (χ4v) is 16.1. The van der Waals surface area contributed by atoms with Gasteiger partial charge in [0.25, 0.3) is 14.1 Å². The summed E-state index contributed by atoms with van der Waals surface area (Å²) in [5.74, 6) is 9.85. The van der Waals surface area contributed by atoms with Crippen LogP contribution in [0, 0.1) is 69.5 Å². The minimum absolute atomic E-state index is 0.669. The Morgan fingerprint density at radius 1 is 0.484 bits per heavy atom. The highest BCUT2D eigenvalue weighted by atomic mass is 27.2. The largest absolute Gasteiger partial charge is 0.262 e. The fourth-order valence-electron chi connectivity index (χ4n) is 11.3. The van der Waals surface area contributed by atoms with Crippen molar-refractivity contribution in [2.45, 2.75) is 115 Å². The minimum Gasteiger partial charge on any atom is -0.0907 e. The molecule has 9 rings (SSSR count). The van der Waals surface area contributed by atoms with Crippen LogP contribution in [0.2, 0.25) is 15.8 Å². The van der Waals surface area contributed by atoms with Gasteiger partial charge in [-0.3, -0.25) is 0 Å². The highest BCUT2D eigenvalue weighted by molar-refractivity contribution is 6.59. The van der Waals surface area contributed by atoms with Crippen molar-refractivity contribution in [3.05, 3.63) is 0 Å². The van der Waals surface area contributed by atoms with Gasteiger partial charge in [0.2, 0.25) is 0 Å². The van der Waals surface area contributed by atoms with Gasteiger partial charge in [0.15, 0.2) is 0 Å². The molecular weight excluding hydrogens is 387 g/mol. The van der Waals surface area contributed by atoms with Crippen LogP contribution in [0.5, 0.6) is 0 Å². The van der Waals surface area contributed by atoms with Crippen LogP contribution >= 0.6 is 0 Å². The second-order valence-corrected chi connectivity index (χ2v) is 18.8. The first-order valence-electron chi connectivity index (χ1n) is 14.6. The molecule has 0 amide bonds. The highest BCUT2D eigenvalue weighted by Crippen LogP contribution is 2.66. The third kappa shape index (κ3) is 3.24. The summed E-state index contributed by atoms with van der Waals surface area (Å²) in [6.07, 6.45) is 14.3. The van der Waals surface area contributed by atoms with Gasteiger partial charge in [-0.1, -0.05) is 76.7 Å². The van der Waals surface area contributed by atoms with Crippen molar-refractivity contribution in [3.8, 4) is 0 Å². The molecule has 9 saturated carbocycles. The molecule has 0 spiro atoms. The molecule has 31 heavy (non-hydrogen) atoms. The van der Waals surface area contributed by atoms with Crippen LogP contribution in [0.4, 0.5) is 0 Å². The molecule has 0 aliphatic heterocycles. The Labute approximate surface area is 198 Å². The standard InChI is InChI=1S/3C10H17.Al/c3*1-7-4-5-8-6-9(7)10(8,2)3;/h3*7-9H,1,4-6H2,2-3H3;/t3*7-,8+,9+;/m111./s1. The topological polar surface area (TPSA) is 0 Å². The van der Waals surface area contributed by atoms with Gasteiger partial charge >= 0.3 is 0 Å². The lowest BCUT2D eigenvalue weighted by atomic mass is 9.46. The van der Waals surface area contributed by atoms with E-state index in [1.165, 1.54) is 0 Å². The molecule has 0 saturated heterocycles. The molecule has 9 aliphatic rings. The van der Waals surface area contributed by atoms with Crippen molar-refractivity contribution in [1.29, 1.82) is 0 Å². The Kier molecular flexibility index (Phi) is 5.16. The molecule has 0 radical (unpaired) electrons. The van der Waals surface area contributed by atoms with Gasteiger partial charge in [-0.05, 0) is 108 Å². The molecule has 9 atom stereocenters. The summed E-state index contributed by atoms with van der Waals surface area (Å²) in [6, 6.07) is 0. The van der Waals surface area contributed by atoms with Crippen LogP contribution in [0.25, 0.3) is 0 Å². The summed E-state index contributed by atoms with van der Waals surface area (Å²) in [7, 11) is 0. The molecule has 0 unspecified atom stereocenters. The summed E-state index contributed by atoms with van der Waals surface area (Å²) in [6.45, 7) is 15.8. The molecule has 0 aromatic rings. The maximum atomic E-state index is 2.63. The maximum absolute atomic E-state index is 2.63. The number of rotatable bonds is 6. The second kappa shape index (κ2) is 7.27. The lowest BCUT2D eigenvalue weighted by Crippen LogP contribution is -2.55. The molecule has 0 heterocycles. The predicted molar refractivity (Wildman–Crippen MR) is 134 cm³/mol. The molecule has 0 N–H and O–H groups in total. The van der Waals surface area contributed by atoms with Crippen LogP contribution in [0.1, 0.15) is 99.3 Å². The monoisotopic (exact) mass is 438 g/mol. The van der Waals surface area contributed by atoms with E-state index in [2.05, 4.69) is 41.5 Å². The van der Waals surface area contributed by atoms with Crippen molar-refractivity contribution in [1.82, 2.24) is 0 Å². The average Bonchev–Trinajstić information content (AvgIpc) is 2.73. The fraction of sp³-hybridized carbons (Fsp3) is 1.00. The summed E-state index contributed by atoms with van der Waals surface area (Å²) < 4.78 is 0. The van der Waals surface area contributed by atoms with Gasteiger partial charge in [-0.25, -0.2) is 0 Å². The molecule has 174 valence electrons. The van der Waals surface area contributed by atoms with E-state index in [4.69, 9.17) is 0 Å². The van der Waals surface area contributed by atoms with Gasteiger partial charge in [-0.15, -0.1) is 0 Å². The highest BCUT2D eigenvalue weighted by Gasteiger charge is 2.58. The van der Waals surface area contributed by atoms with Gasteiger partial charge < -0.3 is 0 Å². The number of hydrogen-bond acceptors (Lipinski definition) is 0. The first kappa shape index (κ1) is 22.0. The summed E-state index contributed by atoms with van der Waals surface area (Å²) >= 11 is -0.669. The number of hydrogen-bond donors (Lipinski definition) is 0. The van der Waals surface area contributed by atoms with Gasteiger partial charge in [0, 0.05) is 0 Å². The Morgan fingerprint density at radius 2 is 0.774 bits per heavy atom. The van der Waals surface area contributed by atoms with E-state index >= 15 is 0 Å². The lowest BCUT2D eigenvalue weighted by molar-refractivity contribution is -0.104. The van der Waals surface area contributed by atoms with Crippen molar-refractivity contribution >= 4 is 14.1 Å². The van der Waals surface area contributed by atoms with Crippen LogP contribution in [0.15, 0.2) is 0 Å². The zero-order chi connectivity index (χ0) is 21.8. The van der Waals surface area contributed by atoms with Gasteiger partial charge in [0.1, 0.15) is 0 Å². The molecular formula is C30H51Al. The van der Waals surface area contributed by atoms with Crippen molar-refractivity contribution in [2.24, 2.45) is 69.5 Å².